The smallest absolute Gasteiger partial charge is 0.320 e. The van der Waals surface area contributed by atoms with Gasteiger partial charge < -0.3 is 14.4 Å². The fraction of sp³-hybridized carbons (Fsp3) is 0.367. The number of halogens is 1. The van der Waals surface area contributed by atoms with Crippen LogP contribution >= 0.6 is 11.6 Å². The Hall–Kier alpha value is -4.27. The summed E-state index contributed by atoms with van der Waals surface area (Å²) in [4.78, 5) is 31.0. The topological polar surface area (TPSA) is 150 Å². The minimum atomic E-state index is -3.86. The number of hydrogen-bond donors (Lipinski definition) is 0. The van der Waals surface area contributed by atoms with Gasteiger partial charge in [0.25, 0.3) is 0 Å². The summed E-state index contributed by atoms with van der Waals surface area (Å²) in [5.74, 6) is -0.299. The van der Waals surface area contributed by atoms with Gasteiger partial charge in [0.15, 0.2) is 5.75 Å². The minimum absolute atomic E-state index is 0.0141. The number of nitro benzene ring substituents is 1. The van der Waals surface area contributed by atoms with E-state index in [0.717, 1.165) is 12.8 Å². The lowest BCUT2D eigenvalue weighted by Crippen LogP contribution is -2.49. The van der Waals surface area contributed by atoms with Gasteiger partial charge in [0.05, 0.1) is 47.2 Å². The van der Waals surface area contributed by atoms with Gasteiger partial charge >= 0.3 is 11.2 Å². The van der Waals surface area contributed by atoms with E-state index in [1.54, 1.807) is 36.5 Å². The van der Waals surface area contributed by atoms with Crippen LogP contribution in [0.1, 0.15) is 25.3 Å². The average molecular weight is 655 g/mol. The molecule has 2 aliphatic rings. The highest BCUT2D eigenvalue weighted by atomic mass is 35.5. The molecular weight excluding hydrogens is 624 g/mol. The van der Waals surface area contributed by atoms with E-state index in [2.05, 4.69) is 17.0 Å². The third-order valence-corrected chi connectivity index (χ3v) is 10.3. The van der Waals surface area contributed by atoms with Gasteiger partial charge in [-0.3, -0.25) is 19.9 Å². The molecule has 45 heavy (non-hydrogen) atoms. The van der Waals surface area contributed by atoms with Crippen LogP contribution in [0.2, 0.25) is 5.02 Å². The van der Waals surface area contributed by atoms with Crippen molar-refractivity contribution in [1.82, 2.24) is 19.1 Å². The fourth-order valence-electron chi connectivity index (χ4n) is 5.41. The molecule has 6 rings (SSSR count). The van der Waals surface area contributed by atoms with Gasteiger partial charge in [-0.25, -0.2) is 8.42 Å². The van der Waals surface area contributed by atoms with Gasteiger partial charge in [0.1, 0.15) is 5.69 Å². The number of nitro groups is 1. The van der Waals surface area contributed by atoms with E-state index in [4.69, 9.17) is 21.1 Å². The molecule has 1 saturated carbocycles. The first kappa shape index (κ1) is 30.7. The zero-order valence-corrected chi connectivity index (χ0v) is 26.3. The Balaban J connectivity index is 1.25. The van der Waals surface area contributed by atoms with Crippen LogP contribution in [-0.2, 0) is 15.8 Å². The third-order valence-electron chi connectivity index (χ3n) is 8.25. The SMILES string of the molecule is COc1cc(CS(=O)(=O)N2CCN(c3cnn(-c4cccc(Cl)c4)c(=O)c3OCC3(C)CC3)CC2)c2ncccc2c1[N+](=O)[O-]. The molecular formula is C30H31ClN6O7S. The maximum Gasteiger partial charge on any atom is 0.320 e. The van der Waals surface area contributed by atoms with Crippen LogP contribution in [0.15, 0.2) is 59.7 Å². The Morgan fingerprint density at radius 3 is 2.53 bits per heavy atom. The maximum absolute atomic E-state index is 13.7. The molecule has 236 valence electrons. The number of rotatable bonds is 10. The Morgan fingerprint density at radius 1 is 1.11 bits per heavy atom. The molecule has 0 amide bonds. The lowest BCUT2D eigenvalue weighted by Gasteiger charge is -2.35. The number of pyridine rings is 1. The second-order valence-corrected chi connectivity index (χ2v) is 13.9. The minimum Gasteiger partial charge on any atom is -0.490 e. The Kier molecular flexibility index (Phi) is 8.14. The molecule has 1 saturated heterocycles. The molecule has 0 unspecified atom stereocenters. The first-order valence-corrected chi connectivity index (χ1v) is 16.3. The largest absolute Gasteiger partial charge is 0.490 e. The molecule has 0 bridgehead atoms. The van der Waals surface area contributed by atoms with Crippen molar-refractivity contribution in [3.05, 3.63) is 85.9 Å². The lowest BCUT2D eigenvalue weighted by atomic mass is 10.1. The molecule has 4 aromatic rings. The highest BCUT2D eigenvalue weighted by Gasteiger charge is 2.39. The molecule has 2 aromatic carbocycles. The summed E-state index contributed by atoms with van der Waals surface area (Å²) in [6, 6.07) is 11.3. The summed E-state index contributed by atoms with van der Waals surface area (Å²) < 4.78 is 41.3. The van der Waals surface area contributed by atoms with E-state index in [9.17, 15) is 23.3 Å². The molecule has 1 aliphatic carbocycles. The van der Waals surface area contributed by atoms with E-state index in [1.165, 1.54) is 34.4 Å². The van der Waals surface area contributed by atoms with E-state index in [-0.39, 0.29) is 59.7 Å². The number of aromatic nitrogens is 3. The number of ether oxygens (including phenoxy) is 2. The van der Waals surface area contributed by atoms with Crippen molar-refractivity contribution in [2.75, 3.05) is 44.8 Å². The van der Waals surface area contributed by atoms with Crippen LogP contribution < -0.4 is 19.9 Å². The molecule has 0 radical (unpaired) electrons. The monoisotopic (exact) mass is 654 g/mol. The second-order valence-electron chi connectivity index (χ2n) is 11.5. The number of sulfonamides is 1. The number of piperazine rings is 1. The Morgan fingerprint density at radius 2 is 1.87 bits per heavy atom. The fourth-order valence-corrected chi connectivity index (χ4v) is 7.11. The summed E-state index contributed by atoms with van der Waals surface area (Å²) in [6.45, 7) is 3.35. The van der Waals surface area contributed by atoms with Gasteiger partial charge in [-0.1, -0.05) is 24.6 Å². The highest BCUT2D eigenvalue weighted by molar-refractivity contribution is 7.88. The van der Waals surface area contributed by atoms with Gasteiger partial charge in [0, 0.05) is 42.8 Å². The zero-order chi connectivity index (χ0) is 31.9. The van der Waals surface area contributed by atoms with Crippen molar-refractivity contribution < 1.29 is 22.8 Å². The Labute approximate surface area is 264 Å². The van der Waals surface area contributed by atoms with Gasteiger partial charge in [-0.05, 0) is 54.8 Å². The second kappa shape index (κ2) is 11.9. The predicted octanol–water partition coefficient (Wildman–Crippen LogP) is 4.18. The summed E-state index contributed by atoms with van der Waals surface area (Å²) >= 11 is 6.16. The Bertz CT molecular complexity index is 1960. The van der Waals surface area contributed by atoms with Crippen molar-refractivity contribution in [2.45, 2.75) is 25.5 Å². The van der Waals surface area contributed by atoms with Crippen LogP contribution in [0, 0.1) is 15.5 Å². The maximum atomic E-state index is 13.7. The quantitative estimate of drug-likeness (QED) is 0.180. The number of benzene rings is 2. The van der Waals surface area contributed by atoms with Crippen molar-refractivity contribution >= 4 is 43.9 Å². The number of hydrogen-bond acceptors (Lipinski definition) is 10. The van der Waals surface area contributed by atoms with Crippen LogP contribution in [0.4, 0.5) is 11.4 Å². The normalized spacial score (nSPS) is 16.5. The van der Waals surface area contributed by atoms with Crippen molar-refractivity contribution in [1.29, 1.82) is 0 Å². The molecule has 15 heteroatoms. The molecule has 13 nitrogen and oxygen atoms in total. The molecule has 3 heterocycles. The molecule has 0 N–H and O–H groups in total. The van der Waals surface area contributed by atoms with Crippen LogP contribution in [-0.4, -0.2) is 72.3 Å². The van der Waals surface area contributed by atoms with Crippen molar-refractivity contribution in [3.8, 4) is 17.2 Å². The van der Waals surface area contributed by atoms with E-state index >= 15 is 0 Å². The third kappa shape index (κ3) is 6.17. The first-order valence-electron chi connectivity index (χ1n) is 14.3. The van der Waals surface area contributed by atoms with Gasteiger partial charge in [-0.15, -0.1) is 0 Å². The molecule has 0 atom stereocenters. The summed E-state index contributed by atoms with van der Waals surface area (Å²) in [5.41, 5.74) is 0.839. The molecule has 2 aromatic heterocycles. The summed E-state index contributed by atoms with van der Waals surface area (Å²) in [6.07, 6.45) is 5.05. The molecule has 0 spiro atoms. The molecule has 1 aliphatic heterocycles. The molecule has 2 fully saturated rings. The van der Waals surface area contributed by atoms with Gasteiger partial charge in [-0.2, -0.15) is 14.1 Å². The summed E-state index contributed by atoms with van der Waals surface area (Å²) in [5, 5.41) is 16.8. The van der Waals surface area contributed by atoms with Gasteiger partial charge in [0.2, 0.25) is 15.8 Å². The number of nitrogens with zero attached hydrogens (tertiary/aromatic N) is 6. The van der Waals surface area contributed by atoms with Crippen LogP contribution in [0.25, 0.3) is 16.6 Å². The number of methoxy groups -OCH3 is 1. The summed E-state index contributed by atoms with van der Waals surface area (Å²) in [7, 11) is -2.56. The van der Waals surface area contributed by atoms with Crippen molar-refractivity contribution in [3.63, 3.8) is 0 Å². The van der Waals surface area contributed by atoms with E-state index in [1.807, 2.05) is 4.90 Å². The van der Waals surface area contributed by atoms with Crippen LogP contribution in [0.5, 0.6) is 11.5 Å². The number of anilines is 1. The standard InChI is InChI=1S/C30H31ClN6O7S/c1-30(8-9-30)19-44-28-24(17-33-36(29(28)38)22-6-3-5-21(31)16-22)34-11-13-35(14-12-34)45(41,42)18-20-15-25(43-2)27(37(39)40)23-7-4-10-32-26(20)23/h3-7,10,15-17H,8-9,11-14,18-19H2,1-2H3. The first-order chi connectivity index (χ1) is 21.5. The zero-order valence-electron chi connectivity index (χ0n) is 24.7. The van der Waals surface area contributed by atoms with E-state index in [0.29, 0.717) is 28.6 Å². The van der Waals surface area contributed by atoms with E-state index < -0.39 is 26.3 Å². The van der Waals surface area contributed by atoms with Crippen LogP contribution in [0.3, 0.4) is 0 Å². The highest BCUT2D eigenvalue weighted by Crippen LogP contribution is 2.45. The lowest BCUT2D eigenvalue weighted by molar-refractivity contribution is -0.384. The van der Waals surface area contributed by atoms with Crippen molar-refractivity contribution in [2.24, 2.45) is 5.41 Å². The predicted molar refractivity (Wildman–Crippen MR) is 169 cm³/mol. The average Bonchev–Trinajstić information content (AvgIpc) is 3.76. The number of fused-ring (bicyclic) bond motifs is 1.